The van der Waals surface area contributed by atoms with E-state index in [1.807, 2.05) is 23.1 Å². The van der Waals surface area contributed by atoms with Crippen LogP contribution in [0.15, 0.2) is 18.5 Å². The third-order valence-corrected chi connectivity index (χ3v) is 6.33. The van der Waals surface area contributed by atoms with Crippen LogP contribution in [-0.4, -0.2) is 64.9 Å². The summed E-state index contributed by atoms with van der Waals surface area (Å²) in [5, 5.41) is 4.33. The number of fused-ring (bicyclic) bond motifs is 1. The number of piperidine rings is 1. The molecule has 0 N–H and O–H groups in total. The third-order valence-electron chi connectivity index (χ3n) is 5.06. The minimum absolute atomic E-state index is 0.437. The summed E-state index contributed by atoms with van der Waals surface area (Å²) in [5.41, 5.74) is 0. The first-order chi connectivity index (χ1) is 10.4. The van der Waals surface area contributed by atoms with E-state index in [1.165, 1.54) is 6.26 Å². The quantitative estimate of drug-likeness (QED) is 0.829. The lowest BCUT2D eigenvalue weighted by molar-refractivity contribution is 0.0962. The van der Waals surface area contributed by atoms with Gasteiger partial charge in [0, 0.05) is 43.6 Å². The molecule has 6 nitrogen and oxygen atoms in total. The second kappa shape index (κ2) is 5.94. The highest BCUT2D eigenvalue weighted by molar-refractivity contribution is 7.88. The molecule has 0 aromatic carbocycles. The Hall–Kier alpha value is -0.920. The molecule has 2 fully saturated rings. The smallest absolute Gasteiger partial charge is 0.211 e. The Morgan fingerprint density at radius 2 is 2.14 bits per heavy atom. The van der Waals surface area contributed by atoms with Gasteiger partial charge in [-0.05, 0) is 38.7 Å². The van der Waals surface area contributed by atoms with Crippen LogP contribution in [0, 0.1) is 5.92 Å². The summed E-state index contributed by atoms with van der Waals surface area (Å²) in [5.74, 6) is 0.437. The fraction of sp³-hybridized carbons (Fsp3) is 0.800. The Balaban J connectivity index is 1.76. The van der Waals surface area contributed by atoms with E-state index >= 15 is 0 Å². The van der Waals surface area contributed by atoms with Crippen LogP contribution >= 0.6 is 0 Å². The lowest BCUT2D eigenvalue weighted by atomic mass is 9.93. The number of hydrogen-bond acceptors (Lipinski definition) is 4. The molecule has 0 spiro atoms. The van der Waals surface area contributed by atoms with Crippen LogP contribution in [0.3, 0.4) is 0 Å². The van der Waals surface area contributed by atoms with Crippen molar-refractivity contribution in [3.63, 3.8) is 0 Å². The van der Waals surface area contributed by atoms with Crippen molar-refractivity contribution < 1.29 is 8.42 Å². The average molecular weight is 326 g/mol. The normalized spacial score (nSPS) is 30.8. The monoisotopic (exact) mass is 326 g/mol. The van der Waals surface area contributed by atoms with Crippen LogP contribution in [0.25, 0.3) is 0 Å². The number of rotatable bonds is 4. The Labute approximate surface area is 133 Å². The van der Waals surface area contributed by atoms with Crippen LogP contribution in [0.4, 0.5) is 0 Å². The van der Waals surface area contributed by atoms with Crippen molar-refractivity contribution in [2.24, 2.45) is 5.92 Å². The molecule has 124 valence electrons. The highest BCUT2D eigenvalue weighted by Crippen LogP contribution is 2.38. The molecular weight excluding hydrogens is 300 g/mol. The minimum atomic E-state index is -3.07. The lowest BCUT2D eigenvalue weighted by Gasteiger charge is -2.39. The van der Waals surface area contributed by atoms with Gasteiger partial charge in [-0.25, -0.2) is 12.7 Å². The molecule has 3 rings (SSSR count). The zero-order valence-electron chi connectivity index (χ0n) is 13.6. The summed E-state index contributed by atoms with van der Waals surface area (Å²) >= 11 is 0. The third kappa shape index (κ3) is 3.07. The minimum Gasteiger partial charge on any atom is -0.293 e. The van der Waals surface area contributed by atoms with Crippen LogP contribution in [0.5, 0.6) is 0 Å². The van der Waals surface area contributed by atoms with Crippen molar-refractivity contribution in [1.82, 2.24) is 19.0 Å². The molecule has 22 heavy (non-hydrogen) atoms. The molecule has 7 heteroatoms. The van der Waals surface area contributed by atoms with Gasteiger partial charge < -0.3 is 0 Å². The molecule has 0 radical (unpaired) electrons. The van der Waals surface area contributed by atoms with Crippen LogP contribution in [0.2, 0.25) is 0 Å². The van der Waals surface area contributed by atoms with E-state index in [0.29, 0.717) is 37.1 Å². The predicted octanol–water partition coefficient (Wildman–Crippen LogP) is 1.02. The van der Waals surface area contributed by atoms with Crippen molar-refractivity contribution >= 4 is 10.0 Å². The maximum atomic E-state index is 11.8. The Morgan fingerprint density at radius 1 is 1.36 bits per heavy atom. The zero-order chi connectivity index (χ0) is 15.9. The van der Waals surface area contributed by atoms with Gasteiger partial charge in [0.25, 0.3) is 0 Å². The van der Waals surface area contributed by atoms with Crippen molar-refractivity contribution in [2.45, 2.75) is 51.4 Å². The van der Waals surface area contributed by atoms with E-state index in [9.17, 15) is 8.42 Å². The maximum absolute atomic E-state index is 11.8. The van der Waals surface area contributed by atoms with Crippen molar-refractivity contribution in [3.05, 3.63) is 18.5 Å². The summed E-state index contributed by atoms with van der Waals surface area (Å²) in [7, 11) is -3.07. The van der Waals surface area contributed by atoms with Gasteiger partial charge in [0.05, 0.1) is 12.8 Å². The number of hydrogen-bond donors (Lipinski definition) is 0. The molecule has 3 heterocycles. The Kier molecular flexibility index (Phi) is 4.31. The molecular formula is C15H26N4O2S. The molecule has 0 amide bonds. The lowest BCUT2D eigenvalue weighted by Crippen LogP contribution is -2.50. The zero-order valence-corrected chi connectivity index (χ0v) is 14.4. The fourth-order valence-electron chi connectivity index (χ4n) is 4.25. The number of sulfonamides is 1. The van der Waals surface area contributed by atoms with Crippen LogP contribution in [0.1, 0.15) is 26.7 Å². The number of nitrogens with zero attached hydrogens (tertiary/aromatic N) is 4. The number of aromatic nitrogens is 2. The molecule has 2 saturated heterocycles. The predicted molar refractivity (Wildman–Crippen MR) is 85.9 cm³/mol. The highest BCUT2D eigenvalue weighted by atomic mass is 32.2. The molecule has 1 aromatic rings. The number of likely N-dealkylation sites (tertiary alicyclic amines) is 1. The second-order valence-corrected chi connectivity index (χ2v) is 8.88. The summed E-state index contributed by atoms with van der Waals surface area (Å²) in [6.45, 7) is 6.68. The Bertz CT molecular complexity index is 599. The first-order valence-corrected chi connectivity index (χ1v) is 9.91. The van der Waals surface area contributed by atoms with Crippen LogP contribution in [-0.2, 0) is 16.6 Å². The topological polar surface area (TPSA) is 58.4 Å². The van der Waals surface area contributed by atoms with Gasteiger partial charge in [-0.1, -0.05) is 0 Å². The van der Waals surface area contributed by atoms with E-state index < -0.39 is 10.0 Å². The van der Waals surface area contributed by atoms with Gasteiger partial charge >= 0.3 is 0 Å². The van der Waals surface area contributed by atoms with Crippen molar-refractivity contribution in [2.75, 3.05) is 19.3 Å². The van der Waals surface area contributed by atoms with Gasteiger partial charge in [0.15, 0.2) is 0 Å². The first-order valence-electron chi connectivity index (χ1n) is 8.06. The molecule has 0 unspecified atom stereocenters. The fourth-order valence-corrected chi connectivity index (χ4v) is 5.15. The molecule has 0 bridgehead atoms. The SMILES string of the molecule is CC(C)N1[C@H](Cn2cccn2)C[C@@H]2CN(S(C)(=O)=O)CC[C@@H]21. The summed E-state index contributed by atoms with van der Waals surface area (Å²) in [6, 6.07) is 3.36. The molecule has 2 aliphatic rings. The van der Waals surface area contributed by atoms with Gasteiger partial charge in [0.2, 0.25) is 10.0 Å². The molecule has 2 aliphatic heterocycles. The second-order valence-electron chi connectivity index (χ2n) is 6.90. The summed E-state index contributed by atoms with van der Waals surface area (Å²) < 4.78 is 27.3. The van der Waals surface area contributed by atoms with E-state index in [2.05, 4.69) is 23.8 Å². The van der Waals surface area contributed by atoms with E-state index in [1.54, 1.807) is 4.31 Å². The van der Waals surface area contributed by atoms with Gasteiger partial charge in [-0.2, -0.15) is 5.10 Å². The molecule has 1 aromatic heterocycles. The van der Waals surface area contributed by atoms with Crippen molar-refractivity contribution in [1.29, 1.82) is 0 Å². The van der Waals surface area contributed by atoms with E-state index in [4.69, 9.17) is 0 Å². The first kappa shape index (κ1) is 16.0. The average Bonchev–Trinajstić information content (AvgIpc) is 3.03. The summed E-state index contributed by atoms with van der Waals surface area (Å²) in [4.78, 5) is 2.59. The van der Waals surface area contributed by atoms with Crippen molar-refractivity contribution in [3.8, 4) is 0 Å². The van der Waals surface area contributed by atoms with Gasteiger partial charge in [0.1, 0.15) is 0 Å². The molecule has 0 saturated carbocycles. The Morgan fingerprint density at radius 3 is 2.73 bits per heavy atom. The summed E-state index contributed by atoms with van der Waals surface area (Å²) in [6.07, 6.45) is 7.13. The molecule has 0 aliphatic carbocycles. The maximum Gasteiger partial charge on any atom is 0.211 e. The highest BCUT2D eigenvalue weighted by Gasteiger charge is 2.46. The largest absolute Gasteiger partial charge is 0.293 e. The standard InChI is InChI=1S/C15H26N4O2S/c1-12(2)19-14(11-17-7-4-6-16-17)9-13-10-18(22(3,20)21)8-5-15(13)19/h4,6-7,12-15H,5,8-11H2,1-3H3/t13-,14+,15+/m1/s1. The van der Waals surface area contributed by atoms with E-state index in [0.717, 1.165) is 19.4 Å². The van der Waals surface area contributed by atoms with Gasteiger partial charge in [-0.3, -0.25) is 9.58 Å². The van der Waals surface area contributed by atoms with E-state index in [-0.39, 0.29) is 0 Å². The molecule has 3 atom stereocenters. The van der Waals surface area contributed by atoms with Crippen LogP contribution < -0.4 is 0 Å². The van der Waals surface area contributed by atoms with Gasteiger partial charge in [-0.15, -0.1) is 0 Å².